The standard InChI is InChI=1S/C21H18N4O5/c1-13-4-5-15(10-14(13)2)23(9-3-8-22)19(26)12-24-20(27)17-7-6-16(25(29)30)11-18(17)21(24)28/h4-7,10-11H,3,9,12H2,1-2H3. The summed E-state index contributed by atoms with van der Waals surface area (Å²) in [6.07, 6.45) is 0.0764. The first-order valence-electron chi connectivity index (χ1n) is 9.13. The van der Waals surface area contributed by atoms with E-state index in [0.717, 1.165) is 28.2 Å². The number of rotatable bonds is 6. The van der Waals surface area contributed by atoms with Crippen LogP contribution in [0.3, 0.4) is 0 Å². The molecule has 0 unspecified atom stereocenters. The van der Waals surface area contributed by atoms with Gasteiger partial charge >= 0.3 is 0 Å². The number of benzene rings is 2. The average molecular weight is 406 g/mol. The number of hydrogen-bond acceptors (Lipinski definition) is 6. The van der Waals surface area contributed by atoms with Crippen LogP contribution >= 0.6 is 0 Å². The van der Waals surface area contributed by atoms with Crippen LogP contribution in [-0.4, -0.2) is 40.6 Å². The Bertz CT molecular complexity index is 1120. The molecule has 0 radical (unpaired) electrons. The number of carbonyl (C=O) groups is 3. The summed E-state index contributed by atoms with van der Waals surface area (Å²) in [5, 5.41) is 19.9. The lowest BCUT2D eigenvalue weighted by atomic mass is 10.1. The van der Waals surface area contributed by atoms with Crippen molar-refractivity contribution in [1.82, 2.24) is 4.90 Å². The number of non-ortho nitro benzene ring substituents is 1. The van der Waals surface area contributed by atoms with Crippen molar-refractivity contribution >= 4 is 29.1 Å². The van der Waals surface area contributed by atoms with Gasteiger partial charge in [-0.2, -0.15) is 5.26 Å². The third kappa shape index (κ3) is 3.75. The number of carbonyl (C=O) groups excluding carboxylic acids is 3. The van der Waals surface area contributed by atoms with Crippen LogP contribution in [-0.2, 0) is 4.79 Å². The lowest BCUT2D eigenvalue weighted by Crippen LogP contribution is -2.43. The highest BCUT2D eigenvalue weighted by Gasteiger charge is 2.38. The fourth-order valence-corrected chi connectivity index (χ4v) is 3.21. The molecule has 0 saturated heterocycles. The molecule has 0 saturated carbocycles. The summed E-state index contributed by atoms with van der Waals surface area (Å²) in [7, 11) is 0. The summed E-state index contributed by atoms with van der Waals surface area (Å²) in [6, 6.07) is 10.8. The first-order chi connectivity index (χ1) is 14.2. The van der Waals surface area contributed by atoms with Gasteiger partial charge in [0.1, 0.15) is 6.54 Å². The molecule has 1 aliphatic rings. The summed E-state index contributed by atoms with van der Waals surface area (Å²) >= 11 is 0. The molecule has 3 amide bonds. The summed E-state index contributed by atoms with van der Waals surface area (Å²) in [4.78, 5) is 50.7. The Hall–Kier alpha value is -4.06. The zero-order chi connectivity index (χ0) is 22.0. The van der Waals surface area contributed by atoms with Gasteiger partial charge in [0.05, 0.1) is 28.5 Å². The molecule has 2 aromatic rings. The van der Waals surface area contributed by atoms with Gasteiger partial charge < -0.3 is 4.90 Å². The Morgan fingerprint density at radius 3 is 2.43 bits per heavy atom. The molecule has 0 atom stereocenters. The van der Waals surface area contributed by atoms with Crippen molar-refractivity contribution in [3.63, 3.8) is 0 Å². The van der Waals surface area contributed by atoms with E-state index in [1.807, 2.05) is 26.0 Å². The lowest BCUT2D eigenvalue weighted by Gasteiger charge is -2.25. The second-order valence-electron chi connectivity index (χ2n) is 6.91. The van der Waals surface area contributed by atoms with Crippen molar-refractivity contribution < 1.29 is 19.3 Å². The van der Waals surface area contributed by atoms with Crippen molar-refractivity contribution in [1.29, 1.82) is 5.26 Å². The molecule has 0 spiro atoms. The molecule has 0 fully saturated rings. The van der Waals surface area contributed by atoms with E-state index in [-0.39, 0.29) is 29.8 Å². The fraction of sp³-hybridized carbons (Fsp3) is 0.238. The number of hydrogen-bond donors (Lipinski definition) is 0. The second kappa shape index (κ2) is 8.13. The molecule has 1 heterocycles. The van der Waals surface area contributed by atoms with Gasteiger partial charge in [0.2, 0.25) is 5.91 Å². The van der Waals surface area contributed by atoms with E-state index >= 15 is 0 Å². The minimum Gasteiger partial charge on any atom is -0.310 e. The van der Waals surface area contributed by atoms with Crippen LogP contribution in [0.5, 0.6) is 0 Å². The smallest absolute Gasteiger partial charge is 0.270 e. The van der Waals surface area contributed by atoms with Gasteiger partial charge in [-0.05, 0) is 43.2 Å². The number of amides is 3. The molecular weight excluding hydrogens is 388 g/mol. The monoisotopic (exact) mass is 406 g/mol. The van der Waals surface area contributed by atoms with Crippen molar-refractivity contribution in [2.24, 2.45) is 0 Å². The maximum Gasteiger partial charge on any atom is 0.270 e. The molecule has 0 bridgehead atoms. The number of anilines is 1. The number of aryl methyl sites for hydroxylation is 2. The highest BCUT2D eigenvalue weighted by molar-refractivity contribution is 6.23. The predicted octanol–water partition coefficient (Wildman–Crippen LogP) is 2.75. The lowest BCUT2D eigenvalue weighted by molar-refractivity contribution is -0.384. The van der Waals surface area contributed by atoms with Crippen molar-refractivity contribution in [3.05, 3.63) is 68.8 Å². The fourth-order valence-electron chi connectivity index (χ4n) is 3.21. The normalized spacial score (nSPS) is 12.5. The zero-order valence-electron chi connectivity index (χ0n) is 16.4. The van der Waals surface area contributed by atoms with Crippen LogP contribution in [0.2, 0.25) is 0 Å². The summed E-state index contributed by atoms with van der Waals surface area (Å²) in [6.45, 7) is 3.40. The molecular formula is C21H18N4O5. The van der Waals surface area contributed by atoms with E-state index < -0.39 is 29.2 Å². The molecule has 152 valence electrons. The minimum absolute atomic E-state index is 0.0214. The van der Waals surface area contributed by atoms with Gasteiger partial charge in [0.25, 0.3) is 17.5 Å². The van der Waals surface area contributed by atoms with E-state index in [4.69, 9.17) is 5.26 Å². The molecule has 30 heavy (non-hydrogen) atoms. The van der Waals surface area contributed by atoms with Crippen molar-refractivity contribution in [2.75, 3.05) is 18.0 Å². The molecule has 0 N–H and O–H groups in total. The molecule has 9 heteroatoms. The molecule has 0 aromatic heterocycles. The van der Waals surface area contributed by atoms with Crippen LogP contribution in [0.1, 0.15) is 38.3 Å². The van der Waals surface area contributed by atoms with Crippen LogP contribution in [0.4, 0.5) is 11.4 Å². The largest absolute Gasteiger partial charge is 0.310 e. The van der Waals surface area contributed by atoms with Gasteiger partial charge in [-0.15, -0.1) is 0 Å². The van der Waals surface area contributed by atoms with Crippen LogP contribution < -0.4 is 4.90 Å². The van der Waals surface area contributed by atoms with E-state index in [2.05, 4.69) is 0 Å². The Morgan fingerprint density at radius 1 is 1.10 bits per heavy atom. The summed E-state index contributed by atoms with van der Waals surface area (Å²) in [5.74, 6) is -1.97. The first kappa shape index (κ1) is 20.7. The van der Waals surface area contributed by atoms with Gasteiger partial charge in [-0.3, -0.25) is 29.4 Å². The van der Waals surface area contributed by atoms with Crippen LogP contribution in [0.25, 0.3) is 0 Å². The van der Waals surface area contributed by atoms with Crippen LogP contribution in [0.15, 0.2) is 36.4 Å². The number of imide groups is 1. The van der Waals surface area contributed by atoms with E-state index in [0.29, 0.717) is 5.69 Å². The highest BCUT2D eigenvalue weighted by atomic mass is 16.6. The Kier molecular flexibility index (Phi) is 5.60. The van der Waals surface area contributed by atoms with Crippen LogP contribution in [0, 0.1) is 35.3 Å². The predicted molar refractivity (Wildman–Crippen MR) is 107 cm³/mol. The number of nitro groups is 1. The second-order valence-corrected chi connectivity index (χ2v) is 6.91. The SMILES string of the molecule is Cc1ccc(N(CCC#N)C(=O)CN2C(=O)c3ccc([N+](=O)[O-])cc3C2=O)cc1C. The number of nitrogens with zero attached hydrogens (tertiary/aromatic N) is 4. The van der Waals surface area contributed by atoms with Gasteiger partial charge in [-0.1, -0.05) is 6.07 Å². The third-order valence-corrected chi connectivity index (χ3v) is 5.01. The van der Waals surface area contributed by atoms with Gasteiger partial charge in [0, 0.05) is 24.4 Å². The maximum absolute atomic E-state index is 13.0. The average Bonchev–Trinajstić information content (AvgIpc) is 2.95. The molecule has 1 aliphatic heterocycles. The minimum atomic E-state index is -0.757. The quantitative estimate of drug-likeness (QED) is 0.413. The Morgan fingerprint density at radius 2 is 1.80 bits per heavy atom. The molecule has 9 nitrogen and oxygen atoms in total. The number of fused-ring (bicyclic) bond motifs is 1. The number of nitro benzene ring substituents is 1. The van der Waals surface area contributed by atoms with E-state index in [1.54, 1.807) is 12.1 Å². The summed E-state index contributed by atoms with van der Waals surface area (Å²) < 4.78 is 0. The first-order valence-corrected chi connectivity index (χ1v) is 9.13. The van der Waals surface area contributed by atoms with Gasteiger partial charge in [0.15, 0.2) is 0 Å². The Labute approximate surface area is 172 Å². The van der Waals surface area contributed by atoms with E-state index in [1.165, 1.54) is 11.0 Å². The van der Waals surface area contributed by atoms with Crippen molar-refractivity contribution in [3.8, 4) is 6.07 Å². The maximum atomic E-state index is 13.0. The molecule has 0 aliphatic carbocycles. The highest BCUT2D eigenvalue weighted by Crippen LogP contribution is 2.27. The van der Waals surface area contributed by atoms with Crippen molar-refractivity contribution in [2.45, 2.75) is 20.3 Å². The summed E-state index contributed by atoms with van der Waals surface area (Å²) in [5.41, 5.74) is 2.16. The zero-order valence-corrected chi connectivity index (χ0v) is 16.4. The third-order valence-electron chi connectivity index (χ3n) is 5.01. The van der Waals surface area contributed by atoms with Gasteiger partial charge in [-0.25, -0.2) is 0 Å². The number of nitriles is 1. The Balaban J connectivity index is 1.87. The topological polar surface area (TPSA) is 125 Å². The molecule has 3 rings (SSSR count). The molecule has 2 aromatic carbocycles. The van der Waals surface area contributed by atoms with E-state index in [9.17, 15) is 24.5 Å².